The van der Waals surface area contributed by atoms with Gasteiger partial charge in [0.25, 0.3) is 0 Å². The molecule has 5 heteroatoms. The molecule has 122 valence electrons. The minimum absolute atomic E-state index is 0.0818. The highest BCUT2D eigenvalue weighted by molar-refractivity contribution is 5.76. The molecule has 1 aromatic carbocycles. The van der Waals surface area contributed by atoms with E-state index in [1.165, 1.54) is 12.8 Å². The molecule has 0 aliphatic carbocycles. The Balaban J connectivity index is 1.78. The first-order valence-corrected chi connectivity index (χ1v) is 8.09. The molecule has 1 amide bonds. The van der Waals surface area contributed by atoms with Gasteiger partial charge < -0.3 is 20.7 Å². The van der Waals surface area contributed by atoms with Crippen LogP contribution >= 0.6 is 0 Å². The molecular formula is C17H27N3O2. The summed E-state index contributed by atoms with van der Waals surface area (Å²) >= 11 is 0. The highest BCUT2D eigenvalue weighted by Crippen LogP contribution is 2.27. The van der Waals surface area contributed by atoms with E-state index in [0.29, 0.717) is 19.6 Å². The smallest absolute Gasteiger partial charge is 0.220 e. The molecule has 5 nitrogen and oxygen atoms in total. The van der Waals surface area contributed by atoms with Gasteiger partial charge in [-0.3, -0.25) is 4.79 Å². The monoisotopic (exact) mass is 305 g/mol. The van der Waals surface area contributed by atoms with E-state index >= 15 is 0 Å². The van der Waals surface area contributed by atoms with Gasteiger partial charge in [0.2, 0.25) is 5.91 Å². The van der Waals surface area contributed by atoms with Crippen molar-refractivity contribution in [1.82, 2.24) is 5.32 Å². The number of amides is 1. The molecular weight excluding hydrogens is 278 g/mol. The van der Waals surface area contributed by atoms with E-state index in [2.05, 4.69) is 22.3 Å². The quantitative estimate of drug-likeness (QED) is 0.569. The number of ether oxygens (including phenoxy) is 1. The van der Waals surface area contributed by atoms with Gasteiger partial charge in [-0.15, -0.1) is 0 Å². The molecule has 0 atom stereocenters. The van der Waals surface area contributed by atoms with E-state index in [1.807, 2.05) is 6.07 Å². The summed E-state index contributed by atoms with van der Waals surface area (Å²) in [5, 5.41) is 2.90. The Labute approximate surface area is 132 Å². The van der Waals surface area contributed by atoms with Crippen molar-refractivity contribution in [2.24, 2.45) is 0 Å². The SMILES string of the molecule is COCCCNC(=O)CCc1ccc(N2CCCC2)c(N)c1. The van der Waals surface area contributed by atoms with Gasteiger partial charge in [-0.25, -0.2) is 0 Å². The summed E-state index contributed by atoms with van der Waals surface area (Å²) in [6.07, 6.45) is 4.55. The van der Waals surface area contributed by atoms with Crippen molar-refractivity contribution < 1.29 is 9.53 Å². The lowest BCUT2D eigenvalue weighted by atomic mass is 10.1. The number of nitrogens with zero attached hydrogens (tertiary/aromatic N) is 1. The fourth-order valence-corrected chi connectivity index (χ4v) is 2.80. The van der Waals surface area contributed by atoms with Crippen LogP contribution in [0.3, 0.4) is 0 Å². The molecule has 0 radical (unpaired) electrons. The van der Waals surface area contributed by atoms with Crippen LogP contribution in [-0.4, -0.2) is 39.3 Å². The number of nitrogens with one attached hydrogen (secondary N) is 1. The van der Waals surface area contributed by atoms with Gasteiger partial charge in [0.1, 0.15) is 0 Å². The van der Waals surface area contributed by atoms with Crippen molar-refractivity contribution in [3.63, 3.8) is 0 Å². The molecule has 1 aromatic rings. The number of carbonyl (C=O) groups is 1. The number of aryl methyl sites for hydroxylation is 1. The van der Waals surface area contributed by atoms with E-state index in [-0.39, 0.29) is 5.91 Å². The molecule has 1 aliphatic heterocycles. The van der Waals surface area contributed by atoms with Gasteiger partial charge in [0, 0.05) is 39.8 Å². The second kappa shape index (κ2) is 8.63. The van der Waals surface area contributed by atoms with E-state index < -0.39 is 0 Å². The fraction of sp³-hybridized carbons (Fsp3) is 0.588. The highest BCUT2D eigenvalue weighted by atomic mass is 16.5. The molecule has 0 bridgehead atoms. The Morgan fingerprint density at radius 2 is 2.14 bits per heavy atom. The van der Waals surface area contributed by atoms with Crippen LogP contribution in [0, 0.1) is 0 Å². The average molecular weight is 305 g/mol. The third-order valence-electron chi connectivity index (χ3n) is 4.03. The first kappa shape index (κ1) is 16.6. The predicted octanol–water partition coefficient (Wildman–Crippen LogP) is 1.95. The lowest BCUT2D eigenvalue weighted by molar-refractivity contribution is -0.121. The maximum Gasteiger partial charge on any atom is 0.220 e. The Bertz CT molecular complexity index is 485. The maximum atomic E-state index is 11.7. The summed E-state index contributed by atoms with van der Waals surface area (Å²) in [5.41, 5.74) is 9.23. The second-order valence-electron chi connectivity index (χ2n) is 5.78. The van der Waals surface area contributed by atoms with Gasteiger partial charge in [0.05, 0.1) is 11.4 Å². The zero-order chi connectivity index (χ0) is 15.8. The lowest BCUT2D eigenvalue weighted by Crippen LogP contribution is -2.25. The number of hydrogen-bond acceptors (Lipinski definition) is 4. The Morgan fingerprint density at radius 3 is 2.82 bits per heavy atom. The third-order valence-corrected chi connectivity index (χ3v) is 4.03. The molecule has 1 aliphatic rings. The van der Waals surface area contributed by atoms with Crippen LogP contribution in [0.4, 0.5) is 11.4 Å². The number of benzene rings is 1. The molecule has 0 saturated carbocycles. The fourth-order valence-electron chi connectivity index (χ4n) is 2.80. The molecule has 0 spiro atoms. The van der Waals surface area contributed by atoms with Crippen molar-refractivity contribution >= 4 is 17.3 Å². The largest absolute Gasteiger partial charge is 0.397 e. The van der Waals surface area contributed by atoms with E-state index in [0.717, 1.165) is 42.9 Å². The summed E-state index contributed by atoms with van der Waals surface area (Å²) in [4.78, 5) is 14.1. The first-order chi connectivity index (χ1) is 10.7. The molecule has 22 heavy (non-hydrogen) atoms. The summed E-state index contributed by atoms with van der Waals surface area (Å²) in [6, 6.07) is 6.18. The number of carbonyl (C=O) groups excluding carboxylic acids is 1. The molecule has 0 unspecified atom stereocenters. The van der Waals surface area contributed by atoms with Crippen molar-refractivity contribution in [3.05, 3.63) is 23.8 Å². The predicted molar refractivity (Wildman–Crippen MR) is 90.1 cm³/mol. The number of hydrogen-bond donors (Lipinski definition) is 2. The minimum atomic E-state index is 0.0818. The maximum absolute atomic E-state index is 11.7. The Hall–Kier alpha value is -1.75. The summed E-state index contributed by atoms with van der Waals surface area (Å²) in [6.45, 7) is 3.53. The Kier molecular flexibility index (Phi) is 6.52. The number of nitrogen functional groups attached to an aromatic ring is 1. The van der Waals surface area contributed by atoms with Gasteiger partial charge in [-0.05, 0) is 43.4 Å². The van der Waals surface area contributed by atoms with Crippen molar-refractivity contribution in [3.8, 4) is 0 Å². The van der Waals surface area contributed by atoms with Crippen LogP contribution in [0.2, 0.25) is 0 Å². The number of nitrogens with two attached hydrogens (primary N) is 1. The highest BCUT2D eigenvalue weighted by Gasteiger charge is 2.14. The summed E-state index contributed by atoms with van der Waals surface area (Å²) in [5.74, 6) is 0.0818. The van der Waals surface area contributed by atoms with E-state index in [1.54, 1.807) is 7.11 Å². The zero-order valence-electron chi connectivity index (χ0n) is 13.4. The van der Waals surface area contributed by atoms with Crippen molar-refractivity contribution in [1.29, 1.82) is 0 Å². The van der Waals surface area contributed by atoms with Gasteiger partial charge in [0.15, 0.2) is 0 Å². The summed E-state index contributed by atoms with van der Waals surface area (Å²) in [7, 11) is 1.66. The second-order valence-corrected chi connectivity index (χ2v) is 5.78. The number of rotatable bonds is 8. The van der Waals surface area contributed by atoms with Crippen LogP contribution in [0.15, 0.2) is 18.2 Å². The Morgan fingerprint density at radius 1 is 1.36 bits per heavy atom. The zero-order valence-corrected chi connectivity index (χ0v) is 13.4. The molecule has 2 rings (SSSR count). The first-order valence-electron chi connectivity index (χ1n) is 8.09. The van der Waals surface area contributed by atoms with Crippen LogP contribution in [0.1, 0.15) is 31.2 Å². The topological polar surface area (TPSA) is 67.6 Å². The van der Waals surface area contributed by atoms with Crippen LogP contribution in [0.5, 0.6) is 0 Å². The third kappa shape index (κ3) is 4.91. The van der Waals surface area contributed by atoms with Gasteiger partial charge in [-0.1, -0.05) is 6.07 Å². The molecule has 3 N–H and O–H groups in total. The van der Waals surface area contributed by atoms with Gasteiger partial charge >= 0.3 is 0 Å². The van der Waals surface area contributed by atoms with Gasteiger partial charge in [-0.2, -0.15) is 0 Å². The van der Waals surface area contributed by atoms with E-state index in [4.69, 9.17) is 10.5 Å². The van der Waals surface area contributed by atoms with Crippen LogP contribution in [-0.2, 0) is 16.0 Å². The molecule has 1 saturated heterocycles. The molecule has 1 heterocycles. The summed E-state index contributed by atoms with van der Waals surface area (Å²) < 4.78 is 4.95. The minimum Gasteiger partial charge on any atom is -0.397 e. The normalized spacial score (nSPS) is 14.3. The standard InChI is InChI=1S/C17H27N3O2/c1-22-12-4-9-19-17(21)8-6-14-5-7-16(15(18)13-14)20-10-2-3-11-20/h5,7,13H,2-4,6,8-12,18H2,1H3,(H,19,21). The molecule has 0 aromatic heterocycles. The van der Waals surface area contributed by atoms with Crippen LogP contribution in [0.25, 0.3) is 0 Å². The average Bonchev–Trinajstić information content (AvgIpc) is 3.04. The van der Waals surface area contributed by atoms with Crippen LogP contribution < -0.4 is 16.0 Å². The molecule has 1 fully saturated rings. The number of anilines is 2. The lowest BCUT2D eigenvalue weighted by Gasteiger charge is -2.20. The number of methoxy groups -OCH3 is 1. The van der Waals surface area contributed by atoms with Crippen molar-refractivity contribution in [2.75, 3.05) is 44.0 Å². The van der Waals surface area contributed by atoms with Crippen molar-refractivity contribution in [2.45, 2.75) is 32.1 Å². The van der Waals surface area contributed by atoms with E-state index in [9.17, 15) is 4.79 Å².